The summed E-state index contributed by atoms with van der Waals surface area (Å²) in [5, 5.41) is 8.52. The summed E-state index contributed by atoms with van der Waals surface area (Å²) < 4.78 is 2.32. The van der Waals surface area contributed by atoms with Crippen molar-refractivity contribution >= 4 is 10.9 Å². The average Bonchev–Trinajstić information content (AvgIpc) is 2.77. The molecule has 0 radical (unpaired) electrons. The predicted molar refractivity (Wildman–Crippen MR) is 89.8 cm³/mol. The normalized spacial score (nSPS) is 16.7. The monoisotopic (exact) mass is 285 g/mol. The second kappa shape index (κ2) is 6.63. The first-order chi connectivity index (χ1) is 10.3. The number of hydrogen-bond acceptors (Lipinski definition) is 2. The summed E-state index contributed by atoms with van der Waals surface area (Å²) in [6.07, 6.45) is 3.76. The molecule has 3 heteroatoms. The van der Waals surface area contributed by atoms with Gasteiger partial charge in [0.1, 0.15) is 0 Å². The van der Waals surface area contributed by atoms with E-state index in [1.54, 1.807) is 0 Å². The molecule has 0 amide bonds. The van der Waals surface area contributed by atoms with Crippen molar-refractivity contribution < 1.29 is 0 Å². The van der Waals surface area contributed by atoms with Crippen LogP contribution in [0.25, 0.3) is 10.9 Å². The summed E-state index contributed by atoms with van der Waals surface area (Å²) in [5.41, 5.74) is 4.26. The van der Waals surface area contributed by atoms with Gasteiger partial charge in [-0.1, -0.05) is 18.2 Å². The van der Waals surface area contributed by atoms with Crippen molar-refractivity contribution in [2.75, 3.05) is 26.2 Å². The summed E-state index contributed by atoms with van der Waals surface area (Å²) in [6, 6.07) is 8.74. The lowest BCUT2D eigenvalue weighted by atomic mass is 9.98. The Morgan fingerprint density at radius 1 is 1.24 bits per heavy atom. The van der Waals surface area contributed by atoms with Gasteiger partial charge in [-0.05, 0) is 69.9 Å². The molecule has 1 aliphatic rings. The fraction of sp³-hybridized carbons (Fsp3) is 0.556. The lowest BCUT2D eigenvalue weighted by Crippen LogP contribution is -2.34. The van der Waals surface area contributed by atoms with Gasteiger partial charge < -0.3 is 15.2 Å². The lowest BCUT2D eigenvalue weighted by Gasteiger charge is -2.22. The molecule has 1 aromatic heterocycles. The number of aromatic nitrogens is 1. The van der Waals surface area contributed by atoms with Crippen LogP contribution in [0.4, 0.5) is 0 Å². The number of hydrogen-bond donors (Lipinski definition) is 2. The first-order valence-corrected chi connectivity index (χ1v) is 8.21. The van der Waals surface area contributed by atoms with Crippen molar-refractivity contribution in [3.05, 3.63) is 35.5 Å². The molecule has 0 atom stereocenters. The molecule has 2 heterocycles. The van der Waals surface area contributed by atoms with Crippen molar-refractivity contribution in [2.45, 2.75) is 26.2 Å². The molecule has 1 saturated heterocycles. The van der Waals surface area contributed by atoms with Crippen molar-refractivity contribution in [3.8, 4) is 0 Å². The van der Waals surface area contributed by atoms with Gasteiger partial charge in [-0.3, -0.25) is 0 Å². The Kier molecular flexibility index (Phi) is 4.61. The fourth-order valence-electron chi connectivity index (χ4n) is 3.52. The standard InChI is InChI=1S/C18H27N3/c1-14-16(17-5-3-4-6-18(17)21(14)2)9-12-20-13-15-7-10-19-11-8-15/h3-6,15,19-20H,7-13H2,1-2H3. The molecule has 1 aromatic carbocycles. The summed E-state index contributed by atoms with van der Waals surface area (Å²) in [7, 11) is 2.17. The molecule has 0 saturated carbocycles. The fourth-order valence-corrected chi connectivity index (χ4v) is 3.52. The Balaban J connectivity index is 1.59. The van der Waals surface area contributed by atoms with Gasteiger partial charge >= 0.3 is 0 Å². The number of nitrogens with zero attached hydrogens (tertiary/aromatic N) is 1. The number of aryl methyl sites for hydroxylation is 1. The van der Waals surface area contributed by atoms with Crippen LogP contribution in [0.15, 0.2) is 24.3 Å². The van der Waals surface area contributed by atoms with E-state index in [9.17, 15) is 0 Å². The third-order valence-electron chi connectivity index (χ3n) is 4.97. The van der Waals surface area contributed by atoms with E-state index in [2.05, 4.69) is 53.4 Å². The van der Waals surface area contributed by atoms with Crippen LogP contribution in [0.5, 0.6) is 0 Å². The third kappa shape index (κ3) is 3.14. The maximum absolute atomic E-state index is 3.67. The third-order valence-corrected chi connectivity index (χ3v) is 4.97. The number of fused-ring (bicyclic) bond motifs is 1. The molecule has 2 aromatic rings. The molecule has 0 aliphatic carbocycles. The SMILES string of the molecule is Cc1c(CCNCC2CCNCC2)c2ccccc2n1C. The molecule has 3 nitrogen and oxygen atoms in total. The molecular formula is C18H27N3. The van der Waals surface area contributed by atoms with Crippen LogP contribution >= 0.6 is 0 Å². The zero-order valence-electron chi connectivity index (χ0n) is 13.3. The Bertz CT molecular complexity index is 594. The molecule has 0 unspecified atom stereocenters. The van der Waals surface area contributed by atoms with E-state index in [0.29, 0.717) is 0 Å². The molecule has 0 bridgehead atoms. The second-order valence-electron chi connectivity index (χ2n) is 6.29. The van der Waals surface area contributed by atoms with Gasteiger partial charge in [0.05, 0.1) is 0 Å². The van der Waals surface area contributed by atoms with Gasteiger partial charge in [-0.25, -0.2) is 0 Å². The number of piperidine rings is 1. The average molecular weight is 285 g/mol. The summed E-state index contributed by atoms with van der Waals surface area (Å²) >= 11 is 0. The highest BCUT2D eigenvalue weighted by molar-refractivity contribution is 5.85. The van der Waals surface area contributed by atoms with E-state index in [-0.39, 0.29) is 0 Å². The molecule has 3 rings (SSSR count). The van der Waals surface area contributed by atoms with E-state index in [1.807, 2.05) is 0 Å². The van der Waals surface area contributed by atoms with Gasteiger partial charge in [0.25, 0.3) is 0 Å². The highest BCUT2D eigenvalue weighted by Gasteiger charge is 2.13. The van der Waals surface area contributed by atoms with Crippen molar-refractivity contribution in [1.82, 2.24) is 15.2 Å². The van der Waals surface area contributed by atoms with Crippen LogP contribution in [0, 0.1) is 12.8 Å². The van der Waals surface area contributed by atoms with Gasteiger partial charge in [0.15, 0.2) is 0 Å². The number of rotatable bonds is 5. The minimum Gasteiger partial charge on any atom is -0.348 e. The number of para-hydroxylation sites is 1. The van der Waals surface area contributed by atoms with Gasteiger partial charge in [0, 0.05) is 23.6 Å². The Hall–Kier alpha value is -1.32. The molecule has 2 N–H and O–H groups in total. The van der Waals surface area contributed by atoms with Gasteiger partial charge in [-0.2, -0.15) is 0 Å². The predicted octanol–water partition coefficient (Wildman–Crippen LogP) is 2.62. The zero-order chi connectivity index (χ0) is 14.7. The first-order valence-electron chi connectivity index (χ1n) is 8.21. The highest BCUT2D eigenvalue weighted by atomic mass is 14.9. The zero-order valence-corrected chi connectivity index (χ0v) is 13.3. The number of nitrogens with one attached hydrogen (secondary N) is 2. The van der Waals surface area contributed by atoms with E-state index >= 15 is 0 Å². The quantitative estimate of drug-likeness (QED) is 0.827. The van der Waals surface area contributed by atoms with Crippen LogP contribution in [0.1, 0.15) is 24.1 Å². The Morgan fingerprint density at radius 2 is 2.00 bits per heavy atom. The van der Waals surface area contributed by atoms with Gasteiger partial charge in [-0.15, -0.1) is 0 Å². The van der Waals surface area contributed by atoms with E-state index in [1.165, 1.54) is 54.6 Å². The molecule has 114 valence electrons. The number of benzene rings is 1. The van der Waals surface area contributed by atoms with Crippen LogP contribution in [-0.4, -0.2) is 30.7 Å². The maximum Gasteiger partial charge on any atom is 0.0482 e. The molecule has 21 heavy (non-hydrogen) atoms. The maximum atomic E-state index is 3.67. The largest absolute Gasteiger partial charge is 0.348 e. The summed E-state index contributed by atoms with van der Waals surface area (Å²) in [6.45, 7) is 6.87. The molecule has 1 fully saturated rings. The second-order valence-corrected chi connectivity index (χ2v) is 6.29. The van der Waals surface area contributed by atoms with Crippen molar-refractivity contribution in [3.63, 3.8) is 0 Å². The van der Waals surface area contributed by atoms with Crippen LogP contribution in [0.2, 0.25) is 0 Å². The van der Waals surface area contributed by atoms with Crippen LogP contribution in [0.3, 0.4) is 0 Å². The summed E-state index contributed by atoms with van der Waals surface area (Å²) in [5.74, 6) is 0.861. The van der Waals surface area contributed by atoms with Crippen molar-refractivity contribution in [2.24, 2.45) is 13.0 Å². The smallest absolute Gasteiger partial charge is 0.0482 e. The molecular weight excluding hydrogens is 258 g/mol. The van der Waals surface area contributed by atoms with E-state index in [4.69, 9.17) is 0 Å². The van der Waals surface area contributed by atoms with E-state index < -0.39 is 0 Å². The lowest BCUT2D eigenvalue weighted by molar-refractivity contribution is 0.358. The minimum atomic E-state index is 0.861. The Labute approximate surface area is 127 Å². The minimum absolute atomic E-state index is 0.861. The Morgan fingerprint density at radius 3 is 2.81 bits per heavy atom. The highest BCUT2D eigenvalue weighted by Crippen LogP contribution is 2.24. The van der Waals surface area contributed by atoms with Crippen molar-refractivity contribution in [1.29, 1.82) is 0 Å². The van der Waals surface area contributed by atoms with E-state index in [0.717, 1.165) is 18.9 Å². The van der Waals surface area contributed by atoms with Crippen LogP contribution < -0.4 is 10.6 Å². The topological polar surface area (TPSA) is 29.0 Å². The van der Waals surface area contributed by atoms with Crippen LogP contribution in [-0.2, 0) is 13.5 Å². The first kappa shape index (κ1) is 14.6. The molecule has 0 spiro atoms. The summed E-state index contributed by atoms with van der Waals surface area (Å²) in [4.78, 5) is 0. The molecule has 1 aliphatic heterocycles. The van der Waals surface area contributed by atoms with Gasteiger partial charge in [0.2, 0.25) is 0 Å².